The summed E-state index contributed by atoms with van der Waals surface area (Å²) >= 11 is 5.15. The topological polar surface area (TPSA) is 25.8 Å². The van der Waals surface area contributed by atoms with Crippen molar-refractivity contribution in [2.24, 2.45) is 0 Å². The van der Waals surface area contributed by atoms with Crippen molar-refractivity contribution in [3.63, 3.8) is 0 Å². The fourth-order valence-electron chi connectivity index (χ4n) is 5.52. The van der Waals surface area contributed by atoms with Crippen molar-refractivity contribution < 1.29 is 0 Å². The van der Waals surface area contributed by atoms with E-state index in [4.69, 9.17) is 8.75 Å². The third-order valence-corrected chi connectivity index (χ3v) is 10.8. The molecule has 0 aliphatic rings. The van der Waals surface area contributed by atoms with Gasteiger partial charge in [0.05, 0.1) is 11.7 Å². The van der Waals surface area contributed by atoms with Crippen molar-refractivity contribution in [2.75, 3.05) is 0 Å². The summed E-state index contributed by atoms with van der Waals surface area (Å²) in [6.45, 7) is 9.06. The van der Waals surface area contributed by atoms with Crippen LogP contribution in [0.1, 0.15) is 98.6 Å². The van der Waals surface area contributed by atoms with Crippen LogP contribution in [0.4, 0.5) is 0 Å². The number of hydrogen-bond acceptors (Lipinski definition) is 5. The number of hydrogen-bond donors (Lipinski definition) is 0. The Morgan fingerprint density at radius 2 is 1.29 bits per heavy atom. The van der Waals surface area contributed by atoms with Crippen LogP contribution in [0, 0.1) is 6.92 Å². The van der Waals surface area contributed by atoms with E-state index in [1.165, 1.54) is 122 Å². The first kappa shape index (κ1) is 29.9. The van der Waals surface area contributed by atoms with E-state index in [9.17, 15) is 0 Å². The average Bonchev–Trinajstić information content (AvgIpc) is 3.72. The van der Waals surface area contributed by atoms with Crippen LogP contribution in [-0.2, 0) is 12.8 Å². The maximum Gasteiger partial charge on any atom is 0.114 e. The number of aryl methyl sites for hydroxylation is 3. The van der Waals surface area contributed by atoms with Crippen LogP contribution in [-0.4, -0.2) is 8.75 Å². The molecule has 0 fully saturated rings. The van der Waals surface area contributed by atoms with E-state index in [0.717, 1.165) is 17.5 Å². The molecule has 0 atom stereocenters. The minimum atomic E-state index is 1.04. The molecule has 0 spiro atoms. The molecule has 0 bridgehead atoms. The van der Waals surface area contributed by atoms with Gasteiger partial charge in [0.15, 0.2) is 0 Å². The highest BCUT2D eigenvalue weighted by molar-refractivity contribution is 7.17. The Morgan fingerprint density at radius 3 is 1.93 bits per heavy atom. The number of allylic oxidation sites excluding steroid dienone is 1. The molecule has 3 aromatic heterocycles. The lowest BCUT2D eigenvalue weighted by atomic mass is 10.0. The molecule has 0 aliphatic heterocycles. The zero-order valence-electron chi connectivity index (χ0n) is 25.0. The van der Waals surface area contributed by atoms with Gasteiger partial charge in [0, 0.05) is 30.6 Å². The number of nitrogens with zero attached hydrogens (tertiary/aromatic N) is 2. The predicted octanol–water partition coefficient (Wildman–Crippen LogP) is 12.3. The summed E-state index contributed by atoms with van der Waals surface area (Å²) in [6, 6.07) is 20.2. The van der Waals surface area contributed by atoms with E-state index in [0.29, 0.717) is 0 Å². The third kappa shape index (κ3) is 7.25. The first-order valence-corrected chi connectivity index (χ1v) is 17.7. The summed E-state index contributed by atoms with van der Waals surface area (Å²) in [4.78, 5) is 5.43. The maximum atomic E-state index is 4.84. The molecule has 3 heterocycles. The van der Waals surface area contributed by atoms with Crippen LogP contribution in [0.2, 0.25) is 0 Å². The molecule has 0 aliphatic carbocycles. The van der Waals surface area contributed by atoms with Crippen molar-refractivity contribution in [2.45, 2.75) is 91.9 Å². The molecule has 214 valence electrons. The third-order valence-electron chi connectivity index (χ3n) is 7.98. The highest BCUT2D eigenvalue weighted by Gasteiger charge is 2.18. The number of benzene rings is 2. The molecule has 41 heavy (non-hydrogen) atoms. The quantitative estimate of drug-likeness (QED) is 0.119. The lowest BCUT2D eigenvalue weighted by molar-refractivity contribution is 0.666. The Labute approximate surface area is 258 Å². The van der Waals surface area contributed by atoms with Gasteiger partial charge in [-0.2, -0.15) is 8.75 Å². The highest BCUT2D eigenvalue weighted by Crippen LogP contribution is 2.42. The van der Waals surface area contributed by atoms with E-state index in [1.54, 1.807) is 0 Å². The van der Waals surface area contributed by atoms with Crippen molar-refractivity contribution in [3.8, 4) is 20.9 Å². The van der Waals surface area contributed by atoms with E-state index >= 15 is 0 Å². The second-order valence-corrected chi connectivity index (χ2v) is 14.0. The minimum absolute atomic E-state index is 1.04. The van der Waals surface area contributed by atoms with Gasteiger partial charge in [0.25, 0.3) is 0 Å². The normalized spacial score (nSPS) is 12.0. The predicted molar refractivity (Wildman–Crippen MR) is 184 cm³/mol. The second kappa shape index (κ2) is 14.5. The van der Waals surface area contributed by atoms with Crippen molar-refractivity contribution in [1.82, 2.24) is 8.75 Å². The Hall–Kier alpha value is -2.60. The average molecular weight is 599 g/mol. The Kier molecular flexibility index (Phi) is 10.6. The van der Waals surface area contributed by atoms with E-state index < -0.39 is 0 Å². The van der Waals surface area contributed by atoms with Gasteiger partial charge in [-0.1, -0.05) is 94.8 Å². The molecule has 0 unspecified atom stereocenters. The minimum Gasteiger partial charge on any atom is -0.172 e. The molecular weight excluding hydrogens is 557 g/mol. The fraction of sp³-hybridized carbons (Fsp3) is 0.389. The van der Waals surface area contributed by atoms with E-state index in [-0.39, 0.29) is 0 Å². The van der Waals surface area contributed by atoms with Gasteiger partial charge in [-0.3, -0.25) is 0 Å². The molecule has 0 saturated heterocycles. The zero-order valence-corrected chi connectivity index (χ0v) is 27.4. The smallest absolute Gasteiger partial charge is 0.114 e. The Balaban J connectivity index is 1.48. The fourth-order valence-corrected chi connectivity index (χ4v) is 8.44. The summed E-state index contributed by atoms with van der Waals surface area (Å²) < 4.78 is 9.66. The summed E-state index contributed by atoms with van der Waals surface area (Å²) in [6.07, 6.45) is 15.0. The van der Waals surface area contributed by atoms with Crippen LogP contribution >= 0.6 is 34.4 Å². The van der Waals surface area contributed by atoms with Crippen LogP contribution in [0.3, 0.4) is 0 Å². The van der Waals surface area contributed by atoms with Crippen molar-refractivity contribution in [1.29, 1.82) is 0 Å². The second-order valence-electron chi connectivity index (χ2n) is 11.1. The summed E-state index contributed by atoms with van der Waals surface area (Å²) in [5.74, 6) is 0. The van der Waals surface area contributed by atoms with Crippen LogP contribution in [0.25, 0.3) is 43.6 Å². The highest BCUT2D eigenvalue weighted by atomic mass is 32.1. The van der Waals surface area contributed by atoms with Gasteiger partial charge < -0.3 is 0 Å². The largest absolute Gasteiger partial charge is 0.172 e. The van der Waals surface area contributed by atoms with Gasteiger partial charge in [0.1, 0.15) is 11.0 Å². The Morgan fingerprint density at radius 1 is 0.707 bits per heavy atom. The van der Waals surface area contributed by atoms with Crippen molar-refractivity contribution >= 4 is 57.1 Å². The molecule has 5 rings (SSSR count). The molecule has 5 aromatic rings. The molecule has 0 radical (unpaired) electrons. The van der Waals surface area contributed by atoms with Gasteiger partial charge in [0.2, 0.25) is 0 Å². The van der Waals surface area contributed by atoms with Gasteiger partial charge in [-0.15, -0.1) is 22.7 Å². The molecule has 2 aromatic carbocycles. The van der Waals surface area contributed by atoms with Crippen molar-refractivity contribution in [3.05, 3.63) is 81.0 Å². The number of unbranched alkanes of at least 4 members (excludes halogenated alkanes) is 6. The Bertz CT molecular complexity index is 1590. The van der Waals surface area contributed by atoms with Crippen LogP contribution in [0.5, 0.6) is 0 Å². The molecule has 2 nitrogen and oxygen atoms in total. The van der Waals surface area contributed by atoms with Crippen LogP contribution < -0.4 is 0 Å². The SMILES string of the molecule is CCCCCCc1cc(-c2ccc(-c3cc(CCCCCC)c(C=C(C)c4ccccc4)s3)c3nsnc23)sc1C. The van der Waals surface area contributed by atoms with Crippen LogP contribution in [0.15, 0.2) is 54.6 Å². The molecular formula is C36H42N2S3. The van der Waals surface area contributed by atoms with E-state index in [1.807, 2.05) is 22.7 Å². The molecule has 0 amide bonds. The number of rotatable bonds is 14. The number of aromatic nitrogens is 2. The first-order chi connectivity index (χ1) is 20.1. The standard InChI is InChI=1S/C36H42N2S3/c1-5-7-9-12-18-28-23-33(39-26(28)4)30-20-21-31(36-35(30)37-41-38-36)34-24-29(19-13-10-8-6-2)32(40-34)22-25(3)27-16-14-11-15-17-27/h11,14-17,20-24H,5-10,12-13,18-19H2,1-4H3. The lowest BCUT2D eigenvalue weighted by Crippen LogP contribution is -1.87. The summed E-state index contributed by atoms with van der Waals surface area (Å²) in [5.41, 5.74) is 10.1. The first-order valence-electron chi connectivity index (χ1n) is 15.3. The maximum absolute atomic E-state index is 4.84. The molecule has 0 saturated carbocycles. The number of thiophene rings is 2. The summed E-state index contributed by atoms with van der Waals surface area (Å²) in [5, 5.41) is 0. The summed E-state index contributed by atoms with van der Waals surface area (Å²) in [7, 11) is 0. The zero-order chi connectivity index (χ0) is 28.6. The lowest BCUT2D eigenvalue weighted by Gasteiger charge is -2.03. The van der Waals surface area contributed by atoms with Gasteiger partial charge in [-0.25, -0.2) is 0 Å². The molecule has 5 heteroatoms. The van der Waals surface area contributed by atoms with Gasteiger partial charge >= 0.3 is 0 Å². The monoisotopic (exact) mass is 598 g/mol. The number of fused-ring (bicyclic) bond motifs is 1. The molecule has 0 N–H and O–H groups in total. The van der Waals surface area contributed by atoms with Gasteiger partial charge in [-0.05, 0) is 80.0 Å². The van der Waals surface area contributed by atoms with E-state index in [2.05, 4.69) is 88.4 Å².